The smallest absolute Gasteiger partial charge is 0.146 e. The van der Waals surface area contributed by atoms with Crippen molar-refractivity contribution in [2.24, 2.45) is 0 Å². The van der Waals surface area contributed by atoms with Crippen molar-refractivity contribution in [1.82, 2.24) is 9.97 Å². The quantitative estimate of drug-likeness (QED) is 0.754. The molecule has 2 aromatic heterocycles. The van der Waals surface area contributed by atoms with Gasteiger partial charge in [0.25, 0.3) is 0 Å². The minimum atomic E-state index is 0.701. The lowest BCUT2D eigenvalue weighted by Crippen LogP contribution is -2.30. The predicted molar refractivity (Wildman–Crippen MR) is 99.2 cm³/mol. The van der Waals surface area contributed by atoms with Crippen LogP contribution in [-0.2, 0) is 0 Å². The highest BCUT2D eigenvalue weighted by molar-refractivity contribution is 5.51. The summed E-state index contributed by atoms with van der Waals surface area (Å²) in [6.45, 7) is 10.9. The maximum atomic E-state index is 5.33. The molecule has 3 rings (SSSR count). The first-order valence-corrected chi connectivity index (χ1v) is 8.25. The summed E-state index contributed by atoms with van der Waals surface area (Å²) in [4.78, 5) is 13.1. The summed E-state index contributed by atoms with van der Waals surface area (Å²) in [6, 6.07) is 3.98. The number of hydrogen-bond donors (Lipinski definition) is 0. The van der Waals surface area contributed by atoms with Gasteiger partial charge in [-0.2, -0.15) is 0 Å². The molecule has 0 bridgehead atoms. The van der Waals surface area contributed by atoms with Crippen molar-refractivity contribution in [3.05, 3.63) is 62.6 Å². The topological polar surface area (TPSA) is 50.7 Å². The van der Waals surface area contributed by atoms with Gasteiger partial charge in [-0.25, -0.2) is 0 Å². The molecule has 0 unspecified atom stereocenters. The van der Waals surface area contributed by atoms with Gasteiger partial charge in [-0.3, -0.25) is 9.97 Å². The fraction of sp³-hybridized carbons (Fsp3) is 0.263. The van der Waals surface area contributed by atoms with Crippen LogP contribution >= 0.6 is 0 Å². The van der Waals surface area contributed by atoms with Crippen LogP contribution in [0.4, 0.5) is 11.4 Å². The molecule has 0 N–H and O–H groups in total. The fourth-order valence-electron chi connectivity index (χ4n) is 2.92. The van der Waals surface area contributed by atoms with Crippen LogP contribution in [0.1, 0.15) is 6.42 Å². The third kappa shape index (κ3) is 4.29. The number of pyridine rings is 2. The Kier molecular flexibility index (Phi) is 5.51. The Bertz CT molecular complexity index is 673. The van der Waals surface area contributed by atoms with Crippen molar-refractivity contribution in [2.45, 2.75) is 6.42 Å². The highest BCUT2D eigenvalue weighted by atomic mass is 16.5. The second-order valence-corrected chi connectivity index (χ2v) is 5.65. The molecule has 0 radical (unpaired) electrons. The van der Waals surface area contributed by atoms with Crippen LogP contribution in [0.3, 0.4) is 0 Å². The first-order chi connectivity index (χ1) is 12.3. The van der Waals surface area contributed by atoms with Crippen LogP contribution in [0.15, 0.2) is 62.6 Å². The Morgan fingerprint density at radius 1 is 0.760 bits per heavy atom. The van der Waals surface area contributed by atoms with Crippen LogP contribution in [0, 0.1) is 0 Å². The van der Waals surface area contributed by atoms with Crippen LogP contribution in [0.25, 0.3) is 0 Å². The summed E-state index contributed by atoms with van der Waals surface area (Å²) in [6.07, 6.45) is 11.0. The monoisotopic (exact) mass is 338 g/mol. The summed E-state index contributed by atoms with van der Waals surface area (Å²) >= 11 is 0. The van der Waals surface area contributed by atoms with Gasteiger partial charge in [0, 0.05) is 38.3 Å². The summed E-state index contributed by atoms with van der Waals surface area (Å²) in [5.41, 5.74) is 2.12. The summed E-state index contributed by atoms with van der Waals surface area (Å²) < 4.78 is 10.7. The molecule has 0 aromatic carbocycles. The van der Waals surface area contributed by atoms with Gasteiger partial charge in [0.1, 0.15) is 11.5 Å². The maximum absolute atomic E-state index is 5.33. The molecular weight excluding hydrogens is 316 g/mol. The molecule has 6 heteroatoms. The van der Waals surface area contributed by atoms with E-state index in [0.29, 0.717) is 11.5 Å². The summed E-state index contributed by atoms with van der Waals surface area (Å²) in [7, 11) is 0. The highest BCUT2D eigenvalue weighted by Crippen LogP contribution is 2.24. The van der Waals surface area contributed by atoms with E-state index in [-0.39, 0.29) is 0 Å². The average Bonchev–Trinajstić information content (AvgIpc) is 2.89. The van der Waals surface area contributed by atoms with Gasteiger partial charge in [0.15, 0.2) is 0 Å². The molecule has 130 valence electrons. The Morgan fingerprint density at radius 2 is 1.24 bits per heavy atom. The number of hydrogen-bond acceptors (Lipinski definition) is 6. The molecule has 6 nitrogen and oxygen atoms in total. The molecule has 0 spiro atoms. The standard InChI is InChI=1S/C19H22N4O2/c1-3-24-18-10-16(12-20-14-18)22-6-5-7-23(9-8-22)17-11-19(25-4-2)15-21-13-17/h3-4,10-15H,1-2,5-9H2. The van der Waals surface area contributed by atoms with Crippen molar-refractivity contribution in [2.75, 3.05) is 36.0 Å². The molecule has 1 aliphatic heterocycles. The zero-order chi connectivity index (χ0) is 17.5. The minimum Gasteiger partial charge on any atom is -0.464 e. The van der Waals surface area contributed by atoms with E-state index in [1.165, 1.54) is 12.5 Å². The van der Waals surface area contributed by atoms with E-state index in [1.807, 2.05) is 24.5 Å². The molecule has 0 amide bonds. The maximum Gasteiger partial charge on any atom is 0.146 e. The van der Waals surface area contributed by atoms with Crippen molar-refractivity contribution in [1.29, 1.82) is 0 Å². The largest absolute Gasteiger partial charge is 0.464 e. The zero-order valence-electron chi connectivity index (χ0n) is 14.2. The molecule has 2 aromatic rings. The SMILES string of the molecule is C=COc1cncc(N2CCCN(c3cncc(OC=C)c3)CC2)c1. The van der Waals surface area contributed by atoms with Crippen molar-refractivity contribution in [3.8, 4) is 11.5 Å². The Balaban J connectivity index is 1.70. The fourth-order valence-corrected chi connectivity index (χ4v) is 2.92. The molecule has 25 heavy (non-hydrogen) atoms. The van der Waals surface area contributed by atoms with Gasteiger partial charge in [-0.05, 0) is 6.42 Å². The lowest BCUT2D eigenvalue weighted by Gasteiger charge is -2.24. The van der Waals surface area contributed by atoms with E-state index in [4.69, 9.17) is 9.47 Å². The molecule has 1 fully saturated rings. The predicted octanol–water partition coefficient (Wildman–Crippen LogP) is 3.24. The number of rotatable bonds is 6. The molecule has 0 saturated carbocycles. The third-order valence-electron chi connectivity index (χ3n) is 4.06. The van der Waals surface area contributed by atoms with Gasteiger partial charge < -0.3 is 19.3 Å². The van der Waals surface area contributed by atoms with Crippen LogP contribution < -0.4 is 19.3 Å². The zero-order valence-corrected chi connectivity index (χ0v) is 14.2. The molecular formula is C19H22N4O2. The van der Waals surface area contributed by atoms with E-state index in [1.54, 1.807) is 12.4 Å². The van der Waals surface area contributed by atoms with E-state index in [0.717, 1.165) is 44.0 Å². The minimum absolute atomic E-state index is 0.701. The van der Waals surface area contributed by atoms with Crippen LogP contribution in [-0.4, -0.2) is 36.1 Å². The number of ether oxygens (including phenoxy) is 2. The van der Waals surface area contributed by atoms with Crippen molar-refractivity contribution in [3.63, 3.8) is 0 Å². The summed E-state index contributed by atoms with van der Waals surface area (Å²) in [5.74, 6) is 1.40. The molecule has 1 aliphatic rings. The van der Waals surface area contributed by atoms with Gasteiger partial charge in [0.2, 0.25) is 0 Å². The van der Waals surface area contributed by atoms with Gasteiger partial charge in [0.05, 0.1) is 48.7 Å². The van der Waals surface area contributed by atoms with E-state index < -0.39 is 0 Å². The van der Waals surface area contributed by atoms with Gasteiger partial charge in [-0.1, -0.05) is 13.2 Å². The molecule has 0 aliphatic carbocycles. The van der Waals surface area contributed by atoms with Crippen LogP contribution in [0.2, 0.25) is 0 Å². The van der Waals surface area contributed by atoms with E-state index >= 15 is 0 Å². The Hall–Kier alpha value is -3.02. The normalized spacial score (nSPS) is 14.6. The van der Waals surface area contributed by atoms with Crippen LogP contribution in [0.5, 0.6) is 11.5 Å². The third-order valence-corrected chi connectivity index (χ3v) is 4.06. The number of anilines is 2. The Labute approximate surface area is 148 Å². The van der Waals surface area contributed by atoms with Gasteiger partial charge in [-0.15, -0.1) is 0 Å². The second kappa shape index (κ2) is 8.19. The van der Waals surface area contributed by atoms with Crippen molar-refractivity contribution >= 4 is 11.4 Å². The lowest BCUT2D eigenvalue weighted by molar-refractivity contribution is 0.480. The second-order valence-electron chi connectivity index (χ2n) is 5.65. The highest BCUT2D eigenvalue weighted by Gasteiger charge is 2.17. The first-order valence-electron chi connectivity index (χ1n) is 8.25. The molecule has 1 saturated heterocycles. The average molecular weight is 338 g/mol. The number of nitrogens with zero attached hydrogens (tertiary/aromatic N) is 4. The van der Waals surface area contributed by atoms with Gasteiger partial charge >= 0.3 is 0 Å². The first kappa shape index (κ1) is 16.8. The van der Waals surface area contributed by atoms with E-state index in [2.05, 4.69) is 32.9 Å². The number of aromatic nitrogens is 2. The molecule has 0 atom stereocenters. The van der Waals surface area contributed by atoms with E-state index in [9.17, 15) is 0 Å². The summed E-state index contributed by atoms with van der Waals surface area (Å²) in [5, 5.41) is 0. The molecule has 3 heterocycles. The lowest BCUT2D eigenvalue weighted by atomic mass is 10.3. The Morgan fingerprint density at radius 3 is 1.68 bits per heavy atom. The van der Waals surface area contributed by atoms with Crippen molar-refractivity contribution < 1.29 is 9.47 Å².